The number of benzene rings is 1. The minimum atomic E-state index is -0.557. The van der Waals surface area contributed by atoms with Crippen molar-refractivity contribution in [3.63, 3.8) is 0 Å². The fourth-order valence-corrected chi connectivity index (χ4v) is 6.26. The summed E-state index contributed by atoms with van der Waals surface area (Å²) in [5.74, 6) is 1.89. The van der Waals surface area contributed by atoms with Gasteiger partial charge >= 0.3 is 6.03 Å². The number of aromatic nitrogens is 3. The van der Waals surface area contributed by atoms with E-state index in [1.807, 2.05) is 4.57 Å². The van der Waals surface area contributed by atoms with Gasteiger partial charge in [-0.05, 0) is 69.9 Å². The number of halogens is 1. The summed E-state index contributed by atoms with van der Waals surface area (Å²) >= 11 is 1.26. The number of nitrogens with zero attached hydrogens (tertiary/aromatic N) is 3. The lowest BCUT2D eigenvalue weighted by Gasteiger charge is -2.30. The summed E-state index contributed by atoms with van der Waals surface area (Å²) < 4.78 is 21.9. The number of nitrogens with one attached hydrogen (secondary N) is 2. The van der Waals surface area contributed by atoms with E-state index in [1.165, 1.54) is 43.5 Å². The van der Waals surface area contributed by atoms with E-state index in [1.54, 1.807) is 32.0 Å². The highest BCUT2D eigenvalue weighted by molar-refractivity contribution is 8.00. The van der Waals surface area contributed by atoms with Gasteiger partial charge in [-0.15, -0.1) is 10.2 Å². The molecule has 1 aromatic carbocycles. The number of amides is 3. The van der Waals surface area contributed by atoms with Crippen LogP contribution in [0.4, 0.5) is 9.18 Å². The zero-order valence-corrected chi connectivity index (χ0v) is 20.6. The first kappa shape index (κ1) is 24.5. The Bertz CT molecular complexity index is 1030. The Balaban J connectivity index is 1.54. The molecule has 0 aliphatic heterocycles. The molecule has 4 rings (SSSR count). The lowest BCUT2D eigenvalue weighted by molar-refractivity contribution is -0.119. The maximum absolute atomic E-state index is 14.1. The Hall–Kier alpha value is -2.62. The second kappa shape index (κ2) is 10.8. The Labute approximate surface area is 203 Å². The number of ether oxygens (including phenoxy) is 1. The van der Waals surface area contributed by atoms with Crippen LogP contribution in [0.1, 0.15) is 58.3 Å². The summed E-state index contributed by atoms with van der Waals surface area (Å²) in [6.45, 7) is 6.19. The highest BCUT2D eigenvalue weighted by Gasteiger charge is 2.43. The van der Waals surface area contributed by atoms with Gasteiger partial charge in [0.1, 0.15) is 6.61 Å². The van der Waals surface area contributed by atoms with E-state index < -0.39 is 23.0 Å². The van der Waals surface area contributed by atoms with Crippen molar-refractivity contribution in [2.24, 2.45) is 17.8 Å². The van der Waals surface area contributed by atoms with Crippen molar-refractivity contribution in [3.8, 4) is 5.75 Å². The van der Waals surface area contributed by atoms with Gasteiger partial charge in [0.15, 0.2) is 22.5 Å². The fraction of sp³-hybridized carbons (Fsp3) is 0.583. The normalized spacial score (nSPS) is 22.9. The molecule has 0 radical (unpaired) electrons. The Morgan fingerprint density at radius 3 is 2.71 bits per heavy atom. The lowest BCUT2D eigenvalue weighted by Crippen LogP contribution is -2.42. The van der Waals surface area contributed by atoms with Gasteiger partial charge in [-0.1, -0.05) is 30.3 Å². The third kappa shape index (κ3) is 5.37. The van der Waals surface area contributed by atoms with E-state index in [9.17, 15) is 14.0 Å². The van der Waals surface area contributed by atoms with Gasteiger partial charge < -0.3 is 10.1 Å². The van der Waals surface area contributed by atoms with Gasteiger partial charge in [-0.2, -0.15) is 0 Å². The topological polar surface area (TPSA) is 98.1 Å². The minimum absolute atomic E-state index is 0.0686. The molecule has 2 fully saturated rings. The van der Waals surface area contributed by atoms with Gasteiger partial charge in [-0.3, -0.25) is 14.7 Å². The largest absolute Gasteiger partial charge is 0.483 e. The Morgan fingerprint density at radius 1 is 1.24 bits per heavy atom. The number of carbonyl (C=O) groups is 2. The molecule has 34 heavy (non-hydrogen) atoms. The molecular formula is C24H32FN5O3S. The van der Waals surface area contributed by atoms with E-state index in [0.717, 1.165) is 5.92 Å². The lowest BCUT2D eigenvalue weighted by atomic mass is 9.84. The van der Waals surface area contributed by atoms with Crippen LogP contribution in [-0.4, -0.2) is 38.5 Å². The second-order valence-electron chi connectivity index (χ2n) is 9.18. The number of imide groups is 1. The second-order valence-corrected chi connectivity index (χ2v) is 10.5. The highest BCUT2D eigenvalue weighted by Crippen LogP contribution is 2.52. The molecule has 8 nitrogen and oxygen atoms in total. The molecule has 10 heteroatoms. The van der Waals surface area contributed by atoms with Crippen LogP contribution < -0.4 is 15.4 Å². The average molecular weight is 490 g/mol. The maximum atomic E-state index is 14.1. The number of para-hydroxylation sites is 1. The summed E-state index contributed by atoms with van der Waals surface area (Å²) in [5.41, 5.74) is 0. The Morgan fingerprint density at radius 2 is 2.03 bits per heavy atom. The fourth-order valence-electron chi connectivity index (χ4n) is 5.31. The maximum Gasteiger partial charge on any atom is 0.321 e. The van der Waals surface area contributed by atoms with Crippen LogP contribution in [-0.2, 0) is 11.4 Å². The first-order valence-corrected chi connectivity index (χ1v) is 12.8. The summed E-state index contributed by atoms with van der Waals surface area (Å²) in [4.78, 5) is 24.3. The van der Waals surface area contributed by atoms with E-state index in [2.05, 4.69) is 27.8 Å². The molecule has 2 aliphatic rings. The van der Waals surface area contributed by atoms with E-state index in [4.69, 9.17) is 4.74 Å². The summed E-state index contributed by atoms with van der Waals surface area (Å²) in [7, 11) is 0. The highest BCUT2D eigenvalue weighted by atomic mass is 32.2. The number of hydrogen-bond donors (Lipinski definition) is 2. The van der Waals surface area contributed by atoms with Crippen molar-refractivity contribution in [2.75, 3.05) is 6.54 Å². The molecule has 184 valence electrons. The average Bonchev–Trinajstić information content (AvgIpc) is 3.54. The van der Waals surface area contributed by atoms with Crippen LogP contribution in [0, 0.1) is 23.6 Å². The van der Waals surface area contributed by atoms with Gasteiger partial charge in [0.2, 0.25) is 5.91 Å². The number of rotatable bonds is 9. The van der Waals surface area contributed by atoms with Crippen molar-refractivity contribution in [2.45, 2.75) is 69.5 Å². The summed E-state index contributed by atoms with van der Waals surface area (Å²) in [6, 6.07) is 5.87. The zero-order chi connectivity index (χ0) is 24.2. The third-order valence-electron chi connectivity index (χ3n) is 6.97. The molecule has 1 aromatic heterocycles. The third-order valence-corrected chi connectivity index (χ3v) is 8.03. The summed E-state index contributed by atoms with van der Waals surface area (Å²) in [5, 5.41) is 13.7. The Kier molecular flexibility index (Phi) is 7.75. The molecular weight excluding hydrogens is 457 g/mol. The van der Waals surface area contributed by atoms with Crippen LogP contribution in [0.5, 0.6) is 5.75 Å². The predicted octanol–water partition coefficient (Wildman–Crippen LogP) is 4.32. The van der Waals surface area contributed by atoms with Crippen LogP contribution in [0.25, 0.3) is 0 Å². The number of carbonyl (C=O) groups excluding carboxylic acids is 2. The van der Waals surface area contributed by atoms with Gasteiger partial charge in [-0.25, -0.2) is 9.18 Å². The zero-order valence-electron chi connectivity index (χ0n) is 19.8. The smallest absolute Gasteiger partial charge is 0.321 e. The van der Waals surface area contributed by atoms with Gasteiger partial charge in [0, 0.05) is 12.6 Å². The van der Waals surface area contributed by atoms with Crippen LogP contribution >= 0.6 is 11.8 Å². The van der Waals surface area contributed by atoms with Crippen LogP contribution in [0.3, 0.4) is 0 Å². The molecule has 0 saturated heterocycles. The standard InChI is InChI=1S/C24H32FN5O3S/c1-4-26-23(32)27-22(31)15(3)34-24-29-28-21(13-33-20-8-6-5-7-19(20)25)30(24)14(2)18-12-16-9-10-17(18)11-16/h5-8,14-18H,4,9-13H2,1-3H3,(H2,26,27,31,32)/t14-,15+,16+,17+,18-/m1/s1. The predicted molar refractivity (Wildman–Crippen MR) is 127 cm³/mol. The van der Waals surface area contributed by atoms with E-state index >= 15 is 0 Å². The first-order chi connectivity index (χ1) is 16.4. The molecule has 2 saturated carbocycles. The monoisotopic (exact) mass is 489 g/mol. The molecule has 2 bridgehead atoms. The SMILES string of the molecule is CCNC(=O)NC(=O)[C@H](C)Sc1nnc(COc2ccccc2F)n1[C@H](C)[C@H]1C[C@H]2CC[C@H]1C2. The summed E-state index contributed by atoms with van der Waals surface area (Å²) in [6.07, 6.45) is 5.00. The van der Waals surface area contributed by atoms with Crippen molar-refractivity contribution in [3.05, 3.63) is 35.9 Å². The molecule has 2 N–H and O–H groups in total. The molecule has 3 amide bonds. The number of urea groups is 1. The number of fused-ring (bicyclic) bond motifs is 2. The molecule has 2 aliphatic carbocycles. The first-order valence-electron chi connectivity index (χ1n) is 11.9. The van der Waals surface area contributed by atoms with E-state index in [0.29, 0.717) is 29.4 Å². The molecule has 5 atom stereocenters. The van der Waals surface area contributed by atoms with Crippen molar-refractivity contribution in [1.82, 2.24) is 25.4 Å². The molecule has 0 unspecified atom stereocenters. The van der Waals surface area contributed by atoms with E-state index in [-0.39, 0.29) is 18.4 Å². The number of thioether (sulfide) groups is 1. The van der Waals surface area contributed by atoms with Gasteiger partial charge in [0.05, 0.1) is 5.25 Å². The van der Waals surface area contributed by atoms with Crippen LogP contribution in [0.2, 0.25) is 0 Å². The van der Waals surface area contributed by atoms with Gasteiger partial charge in [0.25, 0.3) is 0 Å². The van der Waals surface area contributed by atoms with Crippen molar-refractivity contribution in [1.29, 1.82) is 0 Å². The number of hydrogen-bond acceptors (Lipinski definition) is 6. The van der Waals surface area contributed by atoms with Crippen LogP contribution in [0.15, 0.2) is 29.4 Å². The van der Waals surface area contributed by atoms with Crippen molar-refractivity contribution >= 4 is 23.7 Å². The quantitative estimate of drug-likeness (QED) is 0.509. The molecule has 2 aromatic rings. The molecule has 1 heterocycles. The molecule has 0 spiro atoms. The minimum Gasteiger partial charge on any atom is -0.483 e. The van der Waals surface area contributed by atoms with Crippen molar-refractivity contribution < 1.29 is 18.7 Å².